The number of rotatable bonds is 18. The Morgan fingerprint density at radius 2 is 0.907 bits per heavy atom. The van der Waals surface area contributed by atoms with E-state index < -0.39 is 61.8 Å². The summed E-state index contributed by atoms with van der Waals surface area (Å²) in [7, 11) is -15.9. The van der Waals surface area contributed by atoms with Gasteiger partial charge in [0.15, 0.2) is 0 Å². The Kier molecular flexibility index (Phi) is 12.8. The van der Waals surface area contributed by atoms with Crippen molar-refractivity contribution in [3.63, 3.8) is 0 Å². The van der Waals surface area contributed by atoms with Crippen LogP contribution >= 0.6 is 0 Å². The summed E-state index contributed by atoms with van der Waals surface area (Å²) in [6.07, 6.45) is 2.29. The highest BCUT2D eigenvalue weighted by Crippen LogP contribution is 2.28. The highest BCUT2D eigenvalue weighted by molar-refractivity contribution is 7.86. The standard InChI is InChI=1S/C26H30N10O14S4/c1-49-25-33-21(27-9-11-51(37,38)39)31-23(35-25)29-17-7-5-15(19(13-17)53(43,44)45)3-4-16-6-8-18(14-20(16)54(46,47)48)30-24-32-22(34-26(36-24)50-2)28-10-12-52(40,41)42/h3-8,13-14H,9-12H2,1-2H3,(H,37,38,39)(H,40,41,42)(H,43,44,45)(H,46,47,48)(H2,27,29,31,33,35)(H2,28,30,32,34,36)/b4-3+. The van der Waals surface area contributed by atoms with Crippen molar-refractivity contribution in [3.05, 3.63) is 47.5 Å². The molecule has 4 aromatic rings. The smallest absolute Gasteiger partial charge is 0.322 e. The van der Waals surface area contributed by atoms with Crippen LogP contribution in [0.2, 0.25) is 0 Å². The molecule has 0 aliphatic carbocycles. The average molecular weight is 835 g/mol. The van der Waals surface area contributed by atoms with Crippen LogP contribution in [0.3, 0.4) is 0 Å². The lowest BCUT2D eigenvalue weighted by molar-refractivity contribution is 0.379. The van der Waals surface area contributed by atoms with Gasteiger partial charge in [-0.2, -0.15) is 63.6 Å². The lowest BCUT2D eigenvalue weighted by Crippen LogP contribution is -2.17. The summed E-state index contributed by atoms with van der Waals surface area (Å²) < 4.78 is 141. The molecule has 0 unspecified atom stereocenters. The van der Waals surface area contributed by atoms with Crippen molar-refractivity contribution in [2.75, 3.05) is 60.1 Å². The summed E-state index contributed by atoms with van der Waals surface area (Å²) in [4.78, 5) is 22.5. The molecule has 0 aliphatic rings. The van der Waals surface area contributed by atoms with E-state index in [0.717, 1.165) is 24.3 Å². The maximum absolute atomic E-state index is 12.4. The SMILES string of the molecule is COc1nc(NCCS(=O)(=O)O)nc(Nc2ccc(/C=C/c3ccc(Nc4nc(NCCS(=O)(=O)O)nc(OC)n4)cc3S(=O)(=O)O)c(S(=O)(=O)O)c2)n1. The van der Waals surface area contributed by atoms with Crippen LogP contribution in [0.1, 0.15) is 11.1 Å². The maximum atomic E-state index is 12.4. The summed E-state index contributed by atoms with van der Waals surface area (Å²) in [6.45, 7) is -0.566. The van der Waals surface area contributed by atoms with E-state index in [1.54, 1.807) is 0 Å². The van der Waals surface area contributed by atoms with E-state index in [-0.39, 0.29) is 71.4 Å². The molecule has 2 heterocycles. The van der Waals surface area contributed by atoms with Gasteiger partial charge in [-0.05, 0) is 35.4 Å². The molecule has 24 nitrogen and oxygen atoms in total. The van der Waals surface area contributed by atoms with Gasteiger partial charge in [-0.25, -0.2) is 0 Å². The summed E-state index contributed by atoms with van der Waals surface area (Å²) in [5.74, 6) is -2.06. The third kappa shape index (κ3) is 12.6. The van der Waals surface area contributed by atoms with Crippen molar-refractivity contribution in [3.8, 4) is 12.0 Å². The molecule has 292 valence electrons. The molecule has 8 N–H and O–H groups in total. The number of nitrogens with zero attached hydrogens (tertiary/aromatic N) is 6. The Hall–Kier alpha value is -5.36. The molecule has 0 amide bonds. The van der Waals surface area contributed by atoms with Crippen LogP contribution in [-0.4, -0.2) is 121 Å². The number of ether oxygens (including phenoxy) is 2. The van der Waals surface area contributed by atoms with Gasteiger partial charge in [-0.1, -0.05) is 24.3 Å². The zero-order valence-corrected chi connectivity index (χ0v) is 30.9. The highest BCUT2D eigenvalue weighted by Gasteiger charge is 2.19. The fourth-order valence-corrected chi connectivity index (χ4v) is 6.27. The van der Waals surface area contributed by atoms with Crippen LogP contribution in [0.5, 0.6) is 12.0 Å². The molecular weight excluding hydrogens is 805 g/mol. The molecule has 28 heteroatoms. The first-order valence-corrected chi connectivity index (χ1v) is 20.6. The fraction of sp³-hybridized carbons (Fsp3) is 0.231. The number of hydrogen-bond donors (Lipinski definition) is 8. The molecule has 0 spiro atoms. The summed E-state index contributed by atoms with van der Waals surface area (Å²) in [5.41, 5.74) is -0.201. The van der Waals surface area contributed by atoms with E-state index in [1.165, 1.54) is 38.5 Å². The Morgan fingerprint density at radius 1 is 0.556 bits per heavy atom. The second-order valence-corrected chi connectivity index (χ2v) is 16.3. The quantitative estimate of drug-likeness (QED) is 0.0508. The Balaban J connectivity index is 1.61. The van der Waals surface area contributed by atoms with Gasteiger partial charge in [-0.15, -0.1) is 0 Å². The van der Waals surface area contributed by atoms with E-state index >= 15 is 0 Å². The van der Waals surface area contributed by atoms with Gasteiger partial charge in [0.1, 0.15) is 9.79 Å². The first-order valence-electron chi connectivity index (χ1n) is 14.6. The van der Waals surface area contributed by atoms with Crippen LogP contribution in [0.4, 0.5) is 35.2 Å². The first kappa shape index (κ1) is 41.4. The summed E-state index contributed by atoms with van der Waals surface area (Å²) >= 11 is 0. The molecule has 4 rings (SSSR count). The number of anilines is 6. The van der Waals surface area contributed by atoms with Gasteiger partial charge in [0.25, 0.3) is 40.5 Å². The van der Waals surface area contributed by atoms with Crippen molar-refractivity contribution in [2.24, 2.45) is 0 Å². The highest BCUT2D eigenvalue weighted by atomic mass is 32.2. The third-order valence-electron chi connectivity index (χ3n) is 6.42. The Bertz CT molecular complexity index is 2330. The van der Waals surface area contributed by atoms with Crippen LogP contribution in [0.25, 0.3) is 12.2 Å². The minimum Gasteiger partial charge on any atom is -0.467 e. The normalized spacial score (nSPS) is 12.3. The van der Waals surface area contributed by atoms with E-state index in [4.69, 9.17) is 18.6 Å². The molecule has 2 aromatic carbocycles. The molecule has 0 fully saturated rings. The van der Waals surface area contributed by atoms with Crippen LogP contribution in [0.15, 0.2) is 46.2 Å². The predicted octanol–water partition coefficient (Wildman–Crippen LogP) is 0.824. The maximum Gasteiger partial charge on any atom is 0.322 e. The summed E-state index contributed by atoms with van der Waals surface area (Å²) in [6, 6.07) is 6.73. The minimum atomic E-state index is -4.92. The molecule has 0 bridgehead atoms. The summed E-state index contributed by atoms with van der Waals surface area (Å²) in [5, 5.41) is 10.5. The second-order valence-electron chi connectivity index (χ2n) is 10.4. The second kappa shape index (κ2) is 16.8. The first-order chi connectivity index (χ1) is 25.1. The van der Waals surface area contributed by atoms with Crippen LogP contribution in [-0.2, 0) is 40.5 Å². The number of nitrogens with one attached hydrogen (secondary N) is 4. The van der Waals surface area contributed by atoms with E-state index in [0.29, 0.717) is 0 Å². The monoisotopic (exact) mass is 834 g/mol. The predicted molar refractivity (Wildman–Crippen MR) is 191 cm³/mol. The van der Waals surface area contributed by atoms with Crippen LogP contribution in [0, 0.1) is 0 Å². The van der Waals surface area contributed by atoms with Crippen molar-refractivity contribution < 1.29 is 61.4 Å². The number of methoxy groups -OCH3 is 2. The van der Waals surface area contributed by atoms with Gasteiger partial charge < -0.3 is 30.7 Å². The van der Waals surface area contributed by atoms with Crippen molar-refractivity contribution in [1.29, 1.82) is 0 Å². The molecule has 0 aliphatic heterocycles. The third-order valence-corrected chi connectivity index (χ3v) is 9.68. The minimum absolute atomic E-state index is 0.0257. The molecule has 2 aromatic heterocycles. The molecule has 54 heavy (non-hydrogen) atoms. The Labute approximate surface area is 307 Å². The van der Waals surface area contributed by atoms with Gasteiger partial charge in [0, 0.05) is 24.5 Å². The van der Waals surface area contributed by atoms with E-state index in [1.807, 2.05) is 0 Å². The van der Waals surface area contributed by atoms with Crippen LogP contribution < -0.4 is 30.7 Å². The molecular formula is C26H30N10O14S4. The fourth-order valence-electron chi connectivity index (χ4n) is 4.13. The van der Waals surface area contributed by atoms with E-state index in [9.17, 15) is 42.8 Å². The topological polar surface area (TPSA) is 361 Å². The van der Waals surface area contributed by atoms with Gasteiger partial charge in [0.05, 0.1) is 25.7 Å². The lowest BCUT2D eigenvalue weighted by Gasteiger charge is -2.12. The number of hydrogen-bond acceptors (Lipinski definition) is 20. The molecule has 0 radical (unpaired) electrons. The Morgan fingerprint density at radius 3 is 1.22 bits per heavy atom. The zero-order chi connectivity index (χ0) is 39.9. The molecule has 0 atom stereocenters. The molecule has 0 saturated carbocycles. The number of aromatic nitrogens is 6. The number of benzene rings is 2. The lowest BCUT2D eigenvalue weighted by atomic mass is 10.1. The van der Waals surface area contributed by atoms with Crippen molar-refractivity contribution >= 4 is 87.8 Å². The van der Waals surface area contributed by atoms with Gasteiger partial charge in [0.2, 0.25) is 23.8 Å². The van der Waals surface area contributed by atoms with Crippen molar-refractivity contribution in [2.45, 2.75) is 9.79 Å². The van der Waals surface area contributed by atoms with Gasteiger partial charge in [-0.3, -0.25) is 18.2 Å². The van der Waals surface area contributed by atoms with E-state index in [2.05, 4.69) is 51.2 Å². The van der Waals surface area contributed by atoms with Gasteiger partial charge >= 0.3 is 12.0 Å². The average Bonchev–Trinajstić information content (AvgIpc) is 3.05. The zero-order valence-electron chi connectivity index (χ0n) is 27.6. The largest absolute Gasteiger partial charge is 0.467 e. The van der Waals surface area contributed by atoms with Crippen molar-refractivity contribution in [1.82, 2.24) is 29.9 Å². The molecule has 0 saturated heterocycles.